The molecular weight excluding hydrogens is 440 g/mol. The molecule has 1 N–H and O–H groups in total. The number of para-hydroxylation sites is 1. The molecule has 0 saturated heterocycles. The summed E-state index contributed by atoms with van der Waals surface area (Å²) in [6.45, 7) is 1.57. The summed E-state index contributed by atoms with van der Waals surface area (Å²) in [6.07, 6.45) is -4.86. The largest absolute Gasteiger partial charge is 0.573 e. The average molecular weight is 460 g/mol. The summed E-state index contributed by atoms with van der Waals surface area (Å²) in [5.74, 6) is -2.24. The van der Waals surface area contributed by atoms with E-state index in [1.807, 2.05) is 0 Å². The molecule has 33 heavy (non-hydrogen) atoms. The van der Waals surface area contributed by atoms with Crippen LogP contribution in [0.1, 0.15) is 31.8 Å². The van der Waals surface area contributed by atoms with Crippen molar-refractivity contribution in [1.29, 1.82) is 0 Å². The highest BCUT2D eigenvalue weighted by molar-refractivity contribution is 6.05. The van der Waals surface area contributed by atoms with Gasteiger partial charge in [0.1, 0.15) is 11.6 Å². The minimum absolute atomic E-state index is 0.143. The SMILES string of the molecule is Cc1ccc(C(=O)N(C)Cc2ccccc2OC(F)(F)F)cc1NC(=O)c1ccccc1F. The molecule has 5 nitrogen and oxygen atoms in total. The summed E-state index contributed by atoms with van der Waals surface area (Å²) in [5, 5.41) is 2.59. The molecular formula is C24H20F4N2O3. The van der Waals surface area contributed by atoms with Crippen molar-refractivity contribution in [3.05, 3.63) is 94.8 Å². The molecule has 0 heterocycles. The number of nitrogens with zero attached hydrogens (tertiary/aromatic N) is 1. The van der Waals surface area contributed by atoms with E-state index in [0.29, 0.717) is 11.3 Å². The first kappa shape index (κ1) is 23.8. The summed E-state index contributed by atoms with van der Waals surface area (Å²) in [4.78, 5) is 26.6. The molecule has 0 bridgehead atoms. The lowest BCUT2D eigenvalue weighted by Gasteiger charge is -2.20. The highest BCUT2D eigenvalue weighted by atomic mass is 19.4. The Hall–Kier alpha value is -3.88. The minimum atomic E-state index is -4.86. The number of amides is 2. The maximum Gasteiger partial charge on any atom is 0.573 e. The van der Waals surface area contributed by atoms with Crippen LogP contribution < -0.4 is 10.1 Å². The van der Waals surface area contributed by atoms with Gasteiger partial charge in [-0.15, -0.1) is 13.2 Å². The molecule has 0 atom stereocenters. The number of aryl methyl sites for hydroxylation is 1. The smallest absolute Gasteiger partial charge is 0.405 e. The molecule has 9 heteroatoms. The van der Waals surface area contributed by atoms with Crippen LogP contribution in [-0.2, 0) is 6.54 Å². The fourth-order valence-electron chi connectivity index (χ4n) is 3.13. The van der Waals surface area contributed by atoms with Gasteiger partial charge in [0.05, 0.1) is 5.56 Å². The quantitative estimate of drug-likeness (QED) is 0.490. The van der Waals surface area contributed by atoms with Crippen LogP contribution in [0.4, 0.5) is 23.2 Å². The number of benzene rings is 3. The standard InChI is InChI=1S/C24H20F4N2O3/c1-15-11-12-16(13-20(15)29-22(31)18-8-4-5-9-19(18)25)23(32)30(2)14-17-7-3-6-10-21(17)33-24(26,27)28/h3-13H,14H2,1-2H3,(H,29,31). The molecule has 0 spiro atoms. The number of halogens is 4. The van der Waals surface area contributed by atoms with Gasteiger partial charge in [-0.1, -0.05) is 36.4 Å². The second-order valence-electron chi connectivity index (χ2n) is 7.28. The van der Waals surface area contributed by atoms with E-state index in [0.717, 1.165) is 6.07 Å². The van der Waals surface area contributed by atoms with Crippen LogP contribution >= 0.6 is 0 Å². The number of hydrogen-bond acceptors (Lipinski definition) is 3. The molecule has 0 radical (unpaired) electrons. The summed E-state index contributed by atoms with van der Waals surface area (Å²) in [6, 6.07) is 15.6. The fraction of sp³-hybridized carbons (Fsp3) is 0.167. The van der Waals surface area contributed by atoms with Crippen molar-refractivity contribution < 1.29 is 31.9 Å². The predicted octanol–water partition coefficient (Wildman–Crippen LogP) is 5.56. The molecule has 2 amide bonds. The normalized spacial score (nSPS) is 11.1. The lowest BCUT2D eigenvalue weighted by atomic mass is 10.1. The Bertz CT molecular complexity index is 1180. The lowest BCUT2D eigenvalue weighted by molar-refractivity contribution is -0.275. The molecule has 3 aromatic carbocycles. The highest BCUT2D eigenvalue weighted by Crippen LogP contribution is 2.27. The summed E-state index contributed by atoms with van der Waals surface area (Å²) >= 11 is 0. The number of anilines is 1. The number of ether oxygens (including phenoxy) is 1. The zero-order chi connectivity index (χ0) is 24.2. The van der Waals surface area contributed by atoms with Gasteiger partial charge in [0.25, 0.3) is 11.8 Å². The van der Waals surface area contributed by atoms with Gasteiger partial charge in [0, 0.05) is 30.4 Å². The minimum Gasteiger partial charge on any atom is -0.405 e. The Morgan fingerprint density at radius 2 is 1.67 bits per heavy atom. The molecule has 0 aliphatic carbocycles. The van der Waals surface area contributed by atoms with Crippen LogP contribution in [-0.4, -0.2) is 30.1 Å². The van der Waals surface area contributed by atoms with Gasteiger partial charge in [-0.3, -0.25) is 9.59 Å². The van der Waals surface area contributed by atoms with Crippen molar-refractivity contribution in [2.24, 2.45) is 0 Å². The molecule has 0 unspecified atom stereocenters. The maximum absolute atomic E-state index is 13.9. The third-order valence-corrected chi connectivity index (χ3v) is 4.80. The number of rotatable bonds is 6. The van der Waals surface area contributed by atoms with Crippen LogP contribution in [0.2, 0.25) is 0 Å². The fourth-order valence-corrected chi connectivity index (χ4v) is 3.13. The number of nitrogens with one attached hydrogen (secondary N) is 1. The van der Waals surface area contributed by atoms with Gasteiger partial charge in [0.2, 0.25) is 0 Å². The van der Waals surface area contributed by atoms with Crippen LogP contribution in [0, 0.1) is 12.7 Å². The van der Waals surface area contributed by atoms with E-state index >= 15 is 0 Å². The van der Waals surface area contributed by atoms with Gasteiger partial charge < -0.3 is 15.0 Å². The van der Waals surface area contributed by atoms with Crippen molar-refractivity contribution >= 4 is 17.5 Å². The van der Waals surface area contributed by atoms with E-state index < -0.39 is 29.7 Å². The Kier molecular flexibility index (Phi) is 7.01. The van der Waals surface area contributed by atoms with Crippen LogP contribution in [0.3, 0.4) is 0 Å². The van der Waals surface area contributed by atoms with Gasteiger partial charge >= 0.3 is 6.36 Å². The van der Waals surface area contributed by atoms with E-state index in [4.69, 9.17) is 0 Å². The zero-order valence-electron chi connectivity index (χ0n) is 17.7. The third-order valence-electron chi connectivity index (χ3n) is 4.80. The van der Waals surface area contributed by atoms with E-state index in [1.54, 1.807) is 19.1 Å². The molecule has 0 fully saturated rings. The maximum atomic E-state index is 13.9. The van der Waals surface area contributed by atoms with Gasteiger partial charge in [-0.25, -0.2) is 4.39 Å². The molecule has 3 rings (SSSR count). The zero-order valence-corrected chi connectivity index (χ0v) is 17.7. The summed E-state index contributed by atoms with van der Waals surface area (Å²) < 4.78 is 55.9. The molecule has 0 aliphatic rings. The Morgan fingerprint density at radius 3 is 2.36 bits per heavy atom. The second-order valence-corrected chi connectivity index (χ2v) is 7.28. The molecule has 3 aromatic rings. The molecule has 0 aromatic heterocycles. The van der Waals surface area contributed by atoms with Crippen LogP contribution in [0.5, 0.6) is 5.75 Å². The molecule has 0 aliphatic heterocycles. The van der Waals surface area contributed by atoms with E-state index in [9.17, 15) is 27.2 Å². The Morgan fingerprint density at radius 1 is 1.00 bits per heavy atom. The van der Waals surface area contributed by atoms with Crippen molar-refractivity contribution in [3.63, 3.8) is 0 Å². The van der Waals surface area contributed by atoms with E-state index in [-0.39, 0.29) is 23.2 Å². The first-order valence-electron chi connectivity index (χ1n) is 9.81. The predicted molar refractivity (Wildman–Crippen MR) is 114 cm³/mol. The van der Waals surface area contributed by atoms with Crippen molar-refractivity contribution in [2.75, 3.05) is 12.4 Å². The lowest BCUT2D eigenvalue weighted by Crippen LogP contribution is -2.27. The number of alkyl halides is 3. The first-order chi connectivity index (χ1) is 15.5. The average Bonchev–Trinajstić information content (AvgIpc) is 2.75. The highest BCUT2D eigenvalue weighted by Gasteiger charge is 2.32. The summed E-state index contributed by atoms with van der Waals surface area (Å²) in [7, 11) is 1.43. The Labute approximate surface area is 187 Å². The molecule has 172 valence electrons. The number of carbonyl (C=O) groups excluding carboxylic acids is 2. The summed E-state index contributed by atoms with van der Waals surface area (Å²) in [5.41, 5.74) is 1.17. The number of hydrogen-bond donors (Lipinski definition) is 1. The van der Waals surface area contributed by atoms with Crippen LogP contribution in [0.25, 0.3) is 0 Å². The van der Waals surface area contributed by atoms with Gasteiger partial charge in [0.15, 0.2) is 0 Å². The van der Waals surface area contributed by atoms with Gasteiger partial charge in [-0.05, 0) is 42.8 Å². The third kappa shape index (κ3) is 6.09. The van der Waals surface area contributed by atoms with Crippen molar-refractivity contribution in [1.82, 2.24) is 4.90 Å². The van der Waals surface area contributed by atoms with Crippen molar-refractivity contribution in [2.45, 2.75) is 19.8 Å². The van der Waals surface area contributed by atoms with E-state index in [2.05, 4.69) is 10.1 Å². The van der Waals surface area contributed by atoms with E-state index in [1.165, 1.54) is 60.5 Å². The van der Waals surface area contributed by atoms with Crippen LogP contribution in [0.15, 0.2) is 66.7 Å². The monoisotopic (exact) mass is 460 g/mol. The topological polar surface area (TPSA) is 58.6 Å². The number of carbonyl (C=O) groups is 2. The first-order valence-corrected chi connectivity index (χ1v) is 9.81. The molecule has 0 saturated carbocycles. The van der Waals surface area contributed by atoms with Crippen molar-refractivity contribution in [3.8, 4) is 5.75 Å². The van der Waals surface area contributed by atoms with Gasteiger partial charge in [-0.2, -0.15) is 0 Å². The Balaban J connectivity index is 1.78. The second kappa shape index (κ2) is 9.72.